The van der Waals surface area contributed by atoms with E-state index in [-0.39, 0.29) is 40.8 Å². The molecule has 0 aromatic rings. The summed E-state index contributed by atoms with van der Waals surface area (Å²) in [6.45, 7) is 15.2. The summed E-state index contributed by atoms with van der Waals surface area (Å²) < 4.78 is 12.6. The van der Waals surface area contributed by atoms with Crippen LogP contribution in [0.2, 0.25) is 0 Å². The SMILES string of the molecule is C/C(=C/CC[C@H](C)C1=C2CC[C@@H]3[C@@]4(C)CCC(=O)C(C)(C)[C@@H]4C[C@@H](O[C@@H]4OC[C@@H](O)[C@H](O)[C@H]4O)[C@@]3(C)[C@]2(C)CC1)C(=O)O. The predicted molar refractivity (Wildman–Crippen MR) is 162 cm³/mol. The number of aliphatic hydroxyl groups is 3. The number of hydrogen-bond acceptors (Lipinski definition) is 7. The normalized spacial score (nSPS) is 45.3. The van der Waals surface area contributed by atoms with E-state index in [0.29, 0.717) is 30.1 Å². The highest BCUT2D eigenvalue weighted by molar-refractivity contribution is 5.86. The van der Waals surface area contributed by atoms with Crippen LogP contribution >= 0.6 is 0 Å². The second kappa shape index (κ2) is 11.3. The Morgan fingerprint density at radius 1 is 1.05 bits per heavy atom. The maximum atomic E-state index is 13.3. The van der Waals surface area contributed by atoms with Crippen LogP contribution in [0.25, 0.3) is 0 Å². The van der Waals surface area contributed by atoms with E-state index in [9.17, 15) is 30.0 Å². The third kappa shape index (κ3) is 4.98. The lowest BCUT2D eigenvalue weighted by molar-refractivity contribution is -0.323. The molecular formula is C35H54O8. The minimum atomic E-state index is -1.37. The molecule has 0 aromatic heterocycles. The number of carbonyl (C=O) groups excluding carboxylic acids is 1. The lowest BCUT2D eigenvalue weighted by Gasteiger charge is -2.70. The molecule has 8 heteroatoms. The largest absolute Gasteiger partial charge is 0.478 e. The van der Waals surface area contributed by atoms with Crippen molar-refractivity contribution in [3.63, 3.8) is 0 Å². The van der Waals surface area contributed by atoms with Crippen molar-refractivity contribution in [2.24, 2.45) is 39.4 Å². The van der Waals surface area contributed by atoms with Crippen LogP contribution in [0.3, 0.4) is 0 Å². The zero-order chi connectivity index (χ0) is 31.7. The predicted octanol–water partition coefficient (Wildman–Crippen LogP) is 5.19. The van der Waals surface area contributed by atoms with Crippen LogP contribution in [-0.4, -0.2) is 69.5 Å². The standard InChI is InChI=1S/C35H54O8/c1-19(9-8-10-20(2)30(40)41)21-13-16-34(6)22(21)11-12-24-33(5)15-14-26(37)32(3,4)25(33)17-27(35(24,34)7)43-31-29(39)28(38)23(36)18-42-31/h10,19,23-25,27-29,31,36,38-39H,8-9,11-18H2,1-7H3,(H,40,41)/b20-10-/t19-,23+,24+,25-,27+,28-,29+,31-,33+,34+,35-/m0/s1. The smallest absolute Gasteiger partial charge is 0.330 e. The number of carbonyl (C=O) groups is 2. The van der Waals surface area contributed by atoms with Crippen molar-refractivity contribution in [1.29, 1.82) is 0 Å². The molecule has 4 fully saturated rings. The van der Waals surface area contributed by atoms with Gasteiger partial charge in [0, 0.05) is 22.8 Å². The molecule has 1 heterocycles. The molecule has 0 unspecified atom stereocenters. The Bertz CT molecular complexity index is 1190. The molecular weight excluding hydrogens is 548 g/mol. The Morgan fingerprint density at radius 2 is 1.74 bits per heavy atom. The number of fused-ring (bicyclic) bond motifs is 5. The van der Waals surface area contributed by atoms with Crippen LogP contribution in [0.5, 0.6) is 0 Å². The minimum absolute atomic E-state index is 0.0458. The van der Waals surface area contributed by atoms with Crippen molar-refractivity contribution >= 4 is 11.8 Å². The van der Waals surface area contributed by atoms with E-state index in [1.54, 1.807) is 6.92 Å². The average molecular weight is 603 g/mol. The van der Waals surface area contributed by atoms with Gasteiger partial charge in [-0.15, -0.1) is 0 Å². The van der Waals surface area contributed by atoms with E-state index in [1.807, 2.05) is 6.08 Å². The van der Waals surface area contributed by atoms with Gasteiger partial charge in [0.15, 0.2) is 6.29 Å². The summed E-state index contributed by atoms with van der Waals surface area (Å²) in [6, 6.07) is 0. The summed E-state index contributed by atoms with van der Waals surface area (Å²) in [5, 5.41) is 40.7. The Labute approximate surface area is 256 Å². The highest BCUT2D eigenvalue weighted by Gasteiger charge is 2.70. The number of allylic oxidation sites excluding steroid dienone is 3. The zero-order valence-electron chi connectivity index (χ0n) is 27.2. The van der Waals surface area contributed by atoms with Crippen molar-refractivity contribution < 1.29 is 39.5 Å². The quantitative estimate of drug-likeness (QED) is 0.178. The Hall–Kier alpha value is -1.58. The number of carboxylic acid groups (broad SMARTS) is 1. The molecule has 43 heavy (non-hydrogen) atoms. The number of Topliss-reactive ketones (excluding diaryl/α,β-unsaturated/α-hetero) is 1. The van der Waals surface area contributed by atoms with E-state index in [2.05, 4.69) is 41.5 Å². The molecule has 0 amide bonds. The number of aliphatic carboxylic acids is 1. The molecule has 0 spiro atoms. The van der Waals surface area contributed by atoms with E-state index < -0.39 is 36.0 Å². The Morgan fingerprint density at radius 3 is 2.42 bits per heavy atom. The van der Waals surface area contributed by atoms with Gasteiger partial charge in [0.05, 0.1) is 12.7 Å². The fourth-order valence-corrected chi connectivity index (χ4v) is 10.6. The summed E-state index contributed by atoms with van der Waals surface area (Å²) in [4.78, 5) is 24.6. The number of hydrogen-bond donors (Lipinski definition) is 4. The first-order valence-corrected chi connectivity index (χ1v) is 16.5. The van der Waals surface area contributed by atoms with E-state index >= 15 is 0 Å². The number of rotatable bonds is 7. The molecule has 1 saturated heterocycles. The lowest BCUT2D eigenvalue weighted by Crippen LogP contribution is -2.68. The second-order valence-corrected chi connectivity index (χ2v) is 15.7. The molecule has 4 N–H and O–H groups in total. The number of ketones is 1. The van der Waals surface area contributed by atoms with Crippen LogP contribution < -0.4 is 0 Å². The van der Waals surface area contributed by atoms with Gasteiger partial charge in [-0.25, -0.2) is 4.79 Å². The lowest BCUT2D eigenvalue weighted by atomic mass is 9.35. The third-order valence-corrected chi connectivity index (χ3v) is 13.5. The topological polar surface area (TPSA) is 134 Å². The van der Waals surface area contributed by atoms with Gasteiger partial charge >= 0.3 is 5.97 Å². The van der Waals surface area contributed by atoms with Crippen molar-refractivity contribution in [2.45, 2.75) is 137 Å². The molecule has 0 aromatic carbocycles. The van der Waals surface area contributed by atoms with Gasteiger partial charge in [0.2, 0.25) is 0 Å². The number of ether oxygens (including phenoxy) is 2. The molecule has 4 aliphatic carbocycles. The fourth-order valence-electron chi connectivity index (χ4n) is 10.6. The molecule has 0 bridgehead atoms. The van der Waals surface area contributed by atoms with Crippen LogP contribution in [-0.2, 0) is 19.1 Å². The monoisotopic (exact) mass is 602 g/mol. The highest BCUT2D eigenvalue weighted by atomic mass is 16.7. The number of carboxylic acids is 1. The molecule has 242 valence electrons. The van der Waals surface area contributed by atoms with Gasteiger partial charge < -0.3 is 29.9 Å². The van der Waals surface area contributed by atoms with Crippen LogP contribution in [0.15, 0.2) is 22.8 Å². The highest BCUT2D eigenvalue weighted by Crippen LogP contribution is 2.74. The first-order valence-electron chi connectivity index (χ1n) is 16.5. The molecule has 1 aliphatic heterocycles. The molecule has 5 aliphatic rings. The molecule has 0 radical (unpaired) electrons. The maximum absolute atomic E-state index is 13.3. The first kappa shape index (κ1) is 32.8. The summed E-state index contributed by atoms with van der Waals surface area (Å²) in [6.07, 6.45) is 4.34. The van der Waals surface area contributed by atoms with Crippen LogP contribution in [0, 0.1) is 39.4 Å². The second-order valence-electron chi connectivity index (χ2n) is 15.7. The van der Waals surface area contributed by atoms with Crippen molar-refractivity contribution in [2.75, 3.05) is 6.61 Å². The van der Waals surface area contributed by atoms with Gasteiger partial charge in [-0.1, -0.05) is 58.8 Å². The van der Waals surface area contributed by atoms with Gasteiger partial charge in [0.25, 0.3) is 0 Å². The van der Waals surface area contributed by atoms with E-state index in [1.165, 1.54) is 11.1 Å². The number of aliphatic hydroxyl groups excluding tert-OH is 3. The molecule has 11 atom stereocenters. The molecule has 3 saturated carbocycles. The van der Waals surface area contributed by atoms with Crippen molar-refractivity contribution in [3.8, 4) is 0 Å². The summed E-state index contributed by atoms with van der Waals surface area (Å²) in [5.74, 6) is 0.172. The fraction of sp³-hybridized carbons (Fsp3) is 0.829. The minimum Gasteiger partial charge on any atom is -0.478 e. The summed E-state index contributed by atoms with van der Waals surface area (Å²) in [5.41, 5.74) is 2.39. The van der Waals surface area contributed by atoms with E-state index in [0.717, 1.165) is 44.9 Å². The van der Waals surface area contributed by atoms with Crippen LogP contribution in [0.1, 0.15) is 106 Å². The van der Waals surface area contributed by atoms with Gasteiger partial charge in [-0.2, -0.15) is 0 Å². The Kier molecular flexibility index (Phi) is 8.65. The van der Waals surface area contributed by atoms with E-state index in [4.69, 9.17) is 9.47 Å². The maximum Gasteiger partial charge on any atom is 0.330 e. The van der Waals surface area contributed by atoms with Crippen molar-refractivity contribution in [3.05, 3.63) is 22.8 Å². The van der Waals surface area contributed by atoms with Crippen molar-refractivity contribution in [1.82, 2.24) is 0 Å². The van der Waals surface area contributed by atoms with Crippen LogP contribution in [0.4, 0.5) is 0 Å². The van der Waals surface area contributed by atoms with Gasteiger partial charge in [-0.05, 0) is 86.9 Å². The Balaban J connectivity index is 1.53. The average Bonchev–Trinajstić information content (AvgIpc) is 3.30. The van der Waals surface area contributed by atoms with Gasteiger partial charge in [-0.3, -0.25) is 4.79 Å². The third-order valence-electron chi connectivity index (χ3n) is 13.5. The molecule has 5 rings (SSSR count). The first-order chi connectivity index (χ1) is 20.0. The van der Waals surface area contributed by atoms with Gasteiger partial charge in [0.1, 0.15) is 24.1 Å². The zero-order valence-corrected chi connectivity index (χ0v) is 27.2. The summed E-state index contributed by atoms with van der Waals surface area (Å²) >= 11 is 0. The summed E-state index contributed by atoms with van der Waals surface area (Å²) in [7, 11) is 0. The molecule has 8 nitrogen and oxygen atoms in total.